The molecule has 0 radical (unpaired) electrons. The predicted octanol–water partition coefficient (Wildman–Crippen LogP) is 18.8. The van der Waals surface area contributed by atoms with Crippen molar-refractivity contribution < 1.29 is 4.42 Å². The van der Waals surface area contributed by atoms with Crippen LogP contribution in [0.5, 0.6) is 0 Å². The summed E-state index contributed by atoms with van der Waals surface area (Å²) >= 11 is 1.81. The van der Waals surface area contributed by atoms with Gasteiger partial charge in [-0.05, 0) is 123 Å². The van der Waals surface area contributed by atoms with E-state index in [-0.39, 0.29) is 0 Å². The molecular formula is C69H39N5OS. The Balaban J connectivity index is 1.00. The quantitative estimate of drug-likeness (QED) is 0.172. The lowest BCUT2D eigenvalue weighted by Crippen LogP contribution is -2.04. The minimum atomic E-state index is 0.540. The number of para-hydroxylation sites is 2. The van der Waals surface area contributed by atoms with Gasteiger partial charge in [-0.25, -0.2) is 15.0 Å². The Hall–Kier alpha value is -9.95. The van der Waals surface area contributed by atoms with Crippen molar-refractivity contribution >= 4 is 129 Å². The zero-order valence-corrected chi connectivity index (χ0v) is 41.4. The van der Waals surface area contributed by atoms with Crippen molar-refractivity contribution in [3.8, 4) is 45.5 Å². The zero-order valence-electron chi connectivity index (χ0n) is 40.6. The lowest BCUT2D eigenvalue weighted by atomic mass is 10.0. The third-order valence-corrected chi connectivity index (χ3v) is 16.8. The van der Waals surface area contributed by atoms with Gasteiger partial charge in [0.2, 0.25) is 0 Å². The van der Waals surface area contributed by atoms with E-state index < -0.39 is 0 Å². The van der Waals surface area contributed by atoms with Gasteiger partial charge in [-0.3, -0.25) is 0 Å². The van der Waals surface area contributed by atoms with Crippen molar-refractivity contribution in [2.75, 3.05) is 0 Å². The molecule has 5 heterocycles. The highest BCUT2D eigenvalue weighted by Crippen LogP contribution is 2.45. The molecule has 0 aliphatic carbocycles. The molecule has 0 saturated heterocycles. The lowest BCUT2D eigenvalue weighted by Gasteiger charge is -2.16. The van der Waals surface area contributed by atoms with E-state index in [0.29, 0.717) is 17.5 Å². The van der Waals surface area contributed by atoms with Gasteiger partial charge >= 0.3 is 0 Å². The summed E-state index contributed by atoms with van der Waals surface area (Å²) in [6.45, 7) is 0. The van der Waals surface area contributed by atoms with Crippen LogP contribution in [-0.2, 0) is 0 Å². The molecule has 12 aromatic carbocycles. The van der Waals surface area contributed by atoms with E-state index in [2.05, 4.69) is 246 Å². The van der Waals surface area contributed by atoms with Crippen LogP contribution in [-0.4, -0.2) is 24.1 Å². The van der Waals surface area contributed by atoms with Gasteiger partial charge in [0.05, 0.1) is 27.8 Å². The predicted molar refractivity (Wildman–Crippen MR) is 317 cm³/mol. The fraction of sp³-hybridized carbons (Fsp3) is 0. The third kappa shape index (κ3) is 6.12. The molecule has 0 spiro atoms. The van der Waals surface area contributed by atoms with Gasteiger partial charge in [0.25, 0.3) is 0 Å². The number of thiophene rings is 1. The molecule has 76 heavy (non-hydrogen) atoms. The summed E-state index contributed by atoms with van der Waals surface area (Å²) < 4.78 is 14.2. The van der Waals surface area contributed by atoms with Crippen LogP contribution in [0.2, 0.25) is 0 Å². The number of nitrogens with zero attached hydrogens (tertiary/aromatic N) is 5. The van der Waals surface area contributed by atoms with Gasteiger partial charge in [0, 0.05) is 74.9 Å². The molecule has 0 aliphatic heterocycles. The standard InChI is InChI=1S/C69H39N5OS/c1-2-19-47(20-3-1)73-57-24-12-10-22-49(57)50-29-26-46(37-58(50)73)68-70-67(45-28-31-65-54(34-45)51-23-11-13-25-64(51)76-65)71-69(72-68)55-39-63-56(66-48-21-9-8-14-40(48)27-30-62(66)75-63)38-61(55)74-59-35-43-17-6-4-15-41(43)32-52(59)53-33-42-16-5-7-18-44(42)36-60(53)74/h1-39H. The van der Waals surface area contributed by atoms with Crippen molar-refractivity contribution in [3.63, 3.8) is 0 Å². The van der Waals surface area contributed by atoms with Crippen molar-refractivity contribution in [2.45, 2.75) is 0 Å². The number of hydrogen-bond acceptors (Lipinski definition) is 5. The number of furan rings is 1. The Morgan fingerprint density at radius 1 is 0.316 bits per heavy atom. The van der Waals surface area contributed by atoms with Crippen LogP contribution in [0.3, 0.4) is 0 Å². The molecule has 0 amide bonds. The Bertz CT molecular complexity index is 5220. The zero-order chi connectivity index (χ0) is 49.6. The Kier molecular flexibility index (Phi) is 8.62. The highest BCUT2D eigenvalue weighted by atomic mass is 32.1. The molecule has 0 saturated carbocycles. The van der Waals surface area contributed by atoms with Crippen molar-refractivity contribution in [1.82, 2.24) is 24.1 Å². The first-order valence-corrected chi connectivity index (χ1v) is 26.5. The summed E-state index contributed by atoms with van der Waals surface area (Å²) in [6.07, 6.45) is 0. The van der Waals surface area contributed by atoms with Crippen LogP contribution in [0.25, 0.3) is 164 Å². The van der Waals surface area contributed by atoms with Crippen molar-refractivity contribution in [3.05, 3.63) is 237 Å². The van der Waals surface area contributed by atoms with Crippen molar-refractivity contribution in [1.29, 1.82) is 0 Å². The maximum atomic E-state index is 6.95. The van der Waals surface area contributed by atoms with E-state index in [0.717, 1.165) is 99.0 Å². The molecule has 0 fully saturated rings. The van der Waals surface area contributed by atoms with Gasteiger partial charge in [0.1, 0.15) is 11.2 Å². The lowest BCUT2D eigenvalue weighted by molar-refractivity contribution is 0.669. The molecule has 17 rings (SSSR count). The summed E-state index contributed by atoms with van der Waals surface area (Å²) in [5.74, 6) is 1.70. The number of fused-ring (bicyclic) bond motifs is 16. The van der Waals surface area contributed by atoms with E-state index in [1.807, 2.05) is 0 Å². The first-order valence-electron chi connectivity index (χ1n) is 25.6. The largest absolute Gasteiger partial charge is 0.456 e. The normalized spacial score (nSPS) is 12.2. The number of benzene rings is 12. The topological polar surface area (TPSA) is 61.7 Å². The van der Waals surface area contributed by atoms with E-state index >= 15 is 0 Å². The second kappa shape index (κ2) is 15.8. The summed E-state index contributed by atoms with van der Waals surface area (Å²) in [4.78, 5) is 16.7. The van der Waals surface area contributed by atoms with Crippen LogP contribution in [0, 0.1) is 0 Å². The van der Waals surface area contributed by atoms with Crippen molar-refractivity contribution in [2.24, 2.45) is 0 Å². The average Bonchev–Trinajstić information content (AvgIpc) is 4.26. The number of rotatable bonds is 5. The molecule has 0 atom stereocenters. The van der Waals surface area contributed by atoms with Gasteiger partial charge in [-0.15, -0.1) is 11.3 Å². The molecule has 17 aromatic rings. The molecule has 7 heteroatoms. The summed E-state index contributed by atoms with van der Waals surface area (Å²) in [5, 5.41) is 16.2. The molecular weight excluding hydrogens is 947 g/mol. The van der Waals surface area contributed by atoms with Gasteiger partial charge in [-0.1, -0.05) is 146 Å². The maximum absolute atomic E-state index is 6.95. The van der Waals surface area contributed by atoms with Gasteiger partial charge in [-0.2, -0.15) is 0 Å². The van der Waals surface area contributed by atoms with Crippen LogP contribution in [0.4, 0.5) is 0 Å². The average molecular weight is 986 g/mol. The molecule has 352 valence electrons. The second-order valence-corrected chi connectivity index (χ2v) is 21.0. The van der Waals surface area contributed by atoms with E-state index in [1.165, 1.54) is 47.1 Å². The smallest absolute Gasteiger partial charge is 0.166 e. The molecule has 6 nitrogen and oxygen atoms in total. The summed E-state index contributed by atoms with van der Waals surface area (Å²) in [6, 6.07) is 85.2. The van der Waals surface area contributed by atoms with E-state index in [4.69, 9.17) is 19.4 Å². The summed E-state index contributed by atoms with van der Waals surface area (Å²) in [7, 11) is 0. The van der Waals surface area contributed by atoms with Crippen LogP contribution < -0.4 is 0 Å². The summed E-state index contributed by atoms with van der Waals surface area (Å²) in [5.41, 5.74) is 10.6. The molecule has 0 unspecified atom stereocenters. The fourth-order valence-corrected chi connectivity index (χ4v) is 13.3. The molecule has 0 bridgehead atoms. The fourth-order valence-electron chi connectivity index (χ4n) is 12.2. The van der Waals surface area contributed by atoms with Crippen LogP contribution in [0.15, 0.2) is 241 Å². The molecule has 0 N–H and O–H groups in total. The second-order valence-electron chi connectivity index (χ2n) is 19.9. The Morgan fingerprint density at radius 3 is 1.63 bits per heavy atom. The van der Waals surface area contributed by atoms with Gasteiger partial charge < -0.3 is 13.6 Å². The first kappa shape index (κ1) is 41.5. The Morgan fingerprint density at radius 2 is 0.882 bits per heavy atom. The van der Waals surface area contributed by atoms with E-state index in [9.17, 15) is 0 Å². The first-order chi connectivity index (χ1) is 37.6. The Labute approximate surface area is 437 Å². The van der Waals surface area contributed by atoms with Gasteiger partial charge in [0.15, 0.2) is 17.5 Å². The minimum Gasteiger partial charge on any atom is -0.456 e. The van der Waals surface area contributed by atoms with E-state index in [1.54, 1.807) is 11.3 Å². The monoisotopic (exact) mass is 985 g/mol. The highest BCUT2D eigenvalue weighted by Gasteiger charge is 2.25. The highest BCUT2D eigenvalue weighted by molar-refractivity contribution is 7.25. The molecule has 0 aliphatic rings. The third-order valence-electron chi connectivity index (χ3n) is 15.7. The van der Waals surface area contributed by atoms with Crippen LogP contribution >= 0.6 is 11.3 Å². The maximum Gasteiger partial charge on any atom is 0.166 e. The molecule has 5 aromatic heterocycles. The van der Waals surface area contributed by atoms with Crippen LogP contribution in [0.1, 0.15) is 0 Å². The minimum absolute atomic E-state index is 0.540. The number of hydrogen-bond donors (Lipinski definition) is 0. The number of aromatic nitrogens is 5. The SMILES string of the molecule is c1ccc(-n2c3ccccc3c3ccc(-c4nc(-c5ccc6sc7ccccc7c6c5)nc(-c5cc6oc7ccc8ccccc8c7c6cc5-n5c6cc7ccccc7cc6c6cc7ccccc7cc65)n4)cc32)cc1.